The quantitative estimate of drug-likeness (QED) is 0.739. The van der Waals surface area contributed by atoms with Gasteiger partial charge in [0.2, 0.25) is 0 Å². The molecule has 0 aromatic heterocycles. The van der Waals surface area contributed by atoms with Crippen molar-refractivity contribution in [1.29, 1.82) is 0 Å². The van der Waals surface area contributed by atoms with Crippen LogP contribution in [0, 0.1) is 4.91 Å². The van der Waals surface area contributed by atoms with Gasteiger partial charge in [-0.05, 0) is 42.3 Å². The highest BCUT2D eigenvalue weighted by molar-refractivity contribution is 7.82. The maximum Gasteiger partial charge on any atom is 0.127 e. The lowest BCUT2D eigenvalue weighted by Gasteiger charge is -2.13. The molecule has 0 aliphatic carbocycles. The molecule has 1 heterocycles. The third-order valence-electron chi connectivity index (χ3n) is 2.44. The smallest absolute Gasteiger partial charge is 0.127 e. The van der Waals surface area contributed by atoms with Gasteiger partial charge in [0.05, 0.1) is 4.90 Å². The summed E-state index contributed by atoms with van der Waals surface area (Å²) >= 11 is 0. The first-order valence-electron chi connectivity index (χ1n) is 4.91. The summed E-state index contributed by atoms with van der Waals surface area (Å²) in [7, 11) is -1.08. The zero-order valence-electron chi connectivity index (χ0n) is 8.26. The van der Waals surface area contributed by atoms with E-state index in [4.69, 9.17) is 0 Å². The number of nitroso groups, excluding NO2 is 1. The van der Waals surface area contributed by atoms with Crippen LogP contribution in [0.2, 0.25) is 0 Å². The van der Waals surface area contributed by atoms with Crippen molar-refractivity contribution in [3.8, 4) is 0 Å². The Hall–Kier alpha value is -1.07. The van der Waals surface area contributed by atoms with Gasteiger partial charge in [-0.25, -0.2) is 8.51 Å². The Morgan fingerprint density at radius 1 is 1.13 bits per heavy atom. The van der Waals surface area contributed by atoms with Crippen molar-refractivity contribution >= 4 is 16.7 Å². The number of rotatable bonds is 3. The molecule has 1 aromatic carbocycles. The third-order valence-corrected chi connectivity index (χ3v) is 3.95. The molecule has 1 fully saturated rings. The second-order valence-electron chi connectivity index (χ2n) is 3.47. The molecule has 4 nitrogen and oxygen atoms in total. The first-order chi connectivity index (χ1) is 7.31. The molecule has 1 unspecified atom stereocenters. The third kappa shape index (κ3) is 2.30. The van der Waals surface area contributed by atoms with Gasteiger partial charge in [-0.2, -0.15) is 0 Å². The molecule has 2 rings (SSSR count). The highest BCUT2D eigenvalue weighted by Gasteiger charge is 2.18. The van der Waals surface area contributed by atoms with Crippen molar-refractivity contribution in [2.75, 3.05) is 13.1 Å². The molecular formula is C10H12N2O2S. The lowest BCUT2D eigenvalue weighted by molar-refractivity contribution is 0.536. The van der Waals surface area contributed by atoms with Crippen LogP contribution in [-0.4, -0.2) is 21.6 Å². The Labute approximate surface area is 90.8 Å². The zero-order chi connectivity index (χ0) is 10.7. The van der Waals surface area contributed by atoms with E-state index in [1.165, 1.54) is 0 Å². The minimum atomic E-state index is -1.08. The van der Waals surface area contributed by atoms with Gasteiger partial charge in [-0.1, -0.05) is 0 Å². The fraction of sp³-hybridized carbons (Fsp3) is 0.400. The van der Waals surface area contributed by atoms with Crippen molar-refractivity contribution < 1.29 is 4.21 Å². The fourth-order valence-electron chi connectivity index (χ4n) is 1.63. The summed E-state index contributed by atoms with van der Waals surface area (Å²) in [5.41, 5.74) is 0.372. The molecule has 5 heteroatoms. The molecule has 1 aliphatic heterocycles. The van der Waals surface area contributed by atoms with Gasteiger partial charge in [-0.15, -0.1) is 4.91 Å². The van der Waals surface area contributed by atoms with Gasteiger partial charge >= 0.3 is 0 Å². The van der Waals surface area contributed by atoms with Crippen molar-refractivity contribution in [1.82, 2.24) is 4.31 Å². The van der Waals surface area contributed by atoms with Gasteiger partial charge in [-0.3, -0.25) is 0 Å². The van der Waals surface area contributed by atoms with Crippen LogP contribution in [0.15, 0.2) is 34.3 Å². The van der Waals surface area contributed by atoms with Crippen LogP contribution in [-0.2, 0) is 11.0 Å². The van der Waals surface area contributed by atoms with Crippen molar-refractivity contribution in [2.24, 2.45) is 5.18 Å². The van der Waals surface area contributed by atoms with Crippen LogP contribution < -0.4 is 0 Å². The maximum atomic E-state index is 12.0. The zero-order valence-corrected chi connectivity index (χ0v) is 9.07. The molecule has 0 saturated carbocycles. The predicted molar refractivity (Wildman–Crippen MR) is 59.1 cm³/mol. The van der Waals surface area contributed by atoms with Crippen LogP contribution in [0.3, 0.4) is 0 Å². The molecule has 1 aliphatic rings. The molecule has 1 atom stereocenters. The average molecular weight is 224 g/mol. The van der Waals surface area contributed by atoms with E-state index in [2.05, 4.69) is 5.18 Å². The Morgan fingerprint density at radius 3 is 2.27 bits per heavy atom. The molecule has 0 radical (unpaired) electrons. The van der Waals surface area contributed by atoms with Gasteiger partial charge in [0.25, 0.3) is 0 Å². The molecule has 15 heavy (non-hydrogen) atoms. The summed E-state index contributed by atoms with van der Waals surface area (Å²) in [5.74, 6) is 0. The number of hydrogen-bond acceptors (Lipinski definition) is 3. The topological polar surface area (TPSA) is 49.7 Å². The summed E-state index contributed by atoms with van der Waals surface area (Å²) in [6.45, 7) is 1.78. The van der Waals surface area contributed by atoms with Gasteiger partial charge < -0.3 is 0 Å². The van der Waals surface area contributed by atoms with Gasteiger partial charge in [0.15, 0.2) is 0 Å². The summed E-state index contributed by atoms with van der Waals surface area (Å²) in [5, 5.41) is 2.81. The molecule has 1 aromatic rings. The molecular weight excluding hydrogens is 212 g/mol. The highest BCUT2D eigenvalue weighted by Crippen LogP contribution is 2.19. The van der Waals surface area contributed by atoms with Crippen LogP contribution in [0.1, 0.15) is 12.8 Å². The minimum absolute atomic E-state index is 0.372. The Bertz CT molecular complexity index is 372. The van der Waals surface area contributed by atoms with Crippen LogP contribution in [0.4, 0.5) is 5.69 Å². The van der Waals surface area contributed by atoms with Gasteiger partial charge in [0, 0.05) is 13.1 Å². The van der Waals surface area contributed by atoms with E-state index in [0.29, 0.717) is 5.69 Å². The first kappa shape index (κ1) is 10.4. The summed E-state index contributed by atoms with van der Waals surface area (Å²) in [4.78, 5) is 10.9. The molecule has 0 spiro atoms. The largest absolute Gasteiger partial charge is 0.237 e. The number of hydrogen-bond donors (Lipinski definition) is 0. The second-order valence-corrected chi connectivity index (χ2v) is 4.96. The summed E-state index contributed by atoms with van der Waals surface area (Å²) in [6, 6.07) is 6.59. The van der Waals surface area contributed by atoms with E-state index in [9.17, 15) is 9.12 Å². The number of benzene rings is 1. The van der Waals surface area contributed by atoms with E-state index in [-0.39, 0.29) is 0 Å². The lowest BCUT2D eigenvalue weighted by atomic mass is 10.3. The van der Waals surface area contributed by atoms with Crippen LogP contribution in [0.25, 0.3) is 0 Å². The average Bonchev–Trinajstić information content (AvgIpc) is 2.82. The van der Waals surface area contributed by atoms with Gasteiger partial charge in [0.1, 0.15) is 16.7 Å². The van der Waals surface area contributed by atoms with E-state index < -0.39 is 11.0 Å². The SMILES string of the molecule is O=Nc1ccc(S(=O)N2CCCC2)cc1. The molecule has 0 bridgehead atoms. The van der Waals surface area contributed by atoms with E-state index in [1.807, 2.05) is 4.31 Å². The Kier molecular flexibility index (Phi) is 3.23. The van der Waals surface area contributed by atoms with E-state index in [0.717, 1.165) is 30.8 Å². The van der Waals surface area contributed by atoms with E-state index in [1.54, 1.807) is 24.3 Å². The van der Waals surface area contributed by atoms with E-state index >= 15 is 0 Å². The molecule has 0 amide bonds. The Balaban J connectivity index is 2.14. The lowest BCUT2D eigenvalue weighted by Crippen LogP contribution is -2.21. The second kappa shape index (κ2) is 4.63. The van der Waals surface area contributed by atoms with Crippen molar-refractivity contribution in [2.45, 2.75) is 17.7 Å². The minimum Gasteiger partial charge on any atom is -0.237 e. The summed E-state index contributed by atoms with van der Waals surface area (Å²) in [6.07, 6.45) is 2.22. The molecule has 0 N–H and O–H groups in total. The molecule has 1 saturated heterocycles. The van der Waals surface area contributed by atoms with Crippen molar-refractivity contribution in [3.63, 3.8) is 0 Å². The molecule has 80 valence electrons. The predicted octanol–water partition coefficient (Wildman–Crippen LogP) is 2.20. The van der Waals surface area contributed by atoms with Crippen LogP contribution in [0.5, 0.6) is 0 Å². The fourth-order valence-corrected chi connectivity index (χ4v) is 2.88. The highest BCUT2D eigenvalue weighted by atomic mass is 32.2. The number of nitrogens with zero attached hydrogens (tertiary/aromatic N) is 2. The monoisotopic (exact) mass is 224 g/mol. The first-order valence-corrected chi connectivity index (χ1v) is 6.02. The standard InChI is InChI=1S/C10H12N2O2S/c13-11-9-3-5-10(6-4-9)15(14)12-7-1-2-8-12/h3-6H,1-2,7-8H2. The maximum absolute atomic E-state index is 12.0. The van der Waals surface area contributed by atoms with Crippen molar-refractivity contribution in [3.05, 3.63) is 29.2 Å². The summed E-state index contributed by atoms with van der Waals surface area (Å²) < 4.78 is 13.9. The van der Waals surface area contributed by atoms with Crippen LogP contribution >= 0.6 is 0 Å². The normalized spacial score (nSPS) is 18.9. The Morgan fingerprint density at radius 2 is 1.73 bits per heavy atom.